The first-order chi connectivity index (χ1) is 6.22. The van der Waals surface area contributed by atoms with E-state index in [1.807, 2.05) is 7.05 Å². The lowest BCUT2D eigenvalue weighted by Gasteiger charge is -2.29. The largest absolute Gasteiger partial charge is 0.387 e. The zero-order valence-corrected chi connectivity index (χ0v) is 7.82. The molecule has 1 heterocycles. The second kappa shape index (κ2) is 5.16. The first-order valence-electron chi connectivity index (χ1n) is 4.40. The molecule has 0 radical (unpaired) electrons. The van der Waals surface area contributed by atoms with Gasteiger partial charge in [0.05, 0.1) is 12.7 Å². The first kappa shape index (κ1) is 10.4. The molecule has 1 atom stereocenters. The Balaban J connectivity index is 2.17. The van der Waals surface area contributed by atoms with Gasteiger partial charge in [0.25, 0.3) is 0 Å². The maximum Gasteiger partial charge on any atom is 0.245 e. The molecule has 5 nitrogen and oxygen atoms in total. The summed E-state index contributed by atoms with van der Waals surface area (Å²) in [6.45, 7) is 2.48. The summed E-state index contributed by atoms with van der Waals surface area (Å²) in [5.41, 5.74) is 0. The number of hydrogen-bond acceptors (Lipinski definition) is 4. The van der Waals surface area contributed by atoms with Crippen LogP contribution in [0.5, 0.6) is 0 Å². The number of aliphatic hydroxyl groups excluding tert-OH is 1. The van der Waals surface area contributed by atoms with Gasteiger partial charge in [0.1, 0.15) is 6.61 Å². The third-order valence-electron chi connectivity index (χ3n) is 2.01. The van der Waals surface area contributed by atoms with Crippen molar-refractivity contribution in [1.82, 2.24) is 10.2 Å². The topological polar surface area (TPSA) is 61.8 Å². The maximum absolute atomic E-state index is 10.7. The van der Waals surface area contributed by atoms with Gasteiger partial charge in [0.15, 0.2) is 0 Å². The van der Waals surface area contributed by atoms with Crippen molar-refractivity contribution in [2.45, 2.75) is 6.10 Å². The summed E-state index contributed by atoms with van der Waals surface area (Å²) in [5, 5.41) is 11.0. The molecule has 0 aromatic rings. The molecule has 1 rings (SSSR count). The fraction of sp³-hybridized carbons (Fsp3) is 0.875. The van der Waals surface area contributed by atoms with Crippen molar-refractivity contribution in [3.05, 3.63) is 0 Å². The molecule has 13 heavy (non-hydrogen) atoms. The number of nitrogens with zero attached hydrogens (tertiary/aromatic N) is 1. The number of likely N-dealkylation sites (N-methyl/N-ethyl adjacent to an activating group) is 1. The van der Waals surface area contributed by atoms with Crippen LogP contribution in [-0.4, -0.2) is 61.9 Å². The molecule has 1 unspecified atom stereocenters. The van der Waals surface area contributed by atoms with Crippen LogP contribution in [0.4, 0.5) is 0 Å². The van der Waals surface area contributed by atoms with E-state index >= 15 is 0 Å². The molecule has 0 aromatic carbocycles. The summed E-state index contributed by atoms with van der Waals surface area (Å²) in [7, 11) is 2.02. The number of aliphatic hydroxyl groups is 1. The van der Waals surface area contributed by atoms with Crippen LogP contribution in [0.2, 0.25) is 0 Å². The molecule has 0 spiro atoms. The smallest absolute Gasteiger partial charge is 0.245 e. The lowest BCUT2D eigenvalue weighted by atomic mass is 10.3. The number of carbonyl (C=O) groups is 1. The van der Waals surface area contributed by atoms with E-state index in [1.165, 1.54) is 0 Å². The minimum absolute atomic E-state index is 0.0502. The molecule has 0 saturated carbocycles. The van der Waals surface area contributed by atoms with Crippen LogP contribution in [0.3, 0.4) is 0 Å². The molecular formula is C8H16N2O3. The minimum atomic E-state index is -0.456. The Kier molecular flexibility index (Phi) is 4.14. The van der Waals surface area contributed by atoms with Crippen LogP contribution in [-0.2, 0) is 9.53 Å². The van der Waals surface area contributed by atoms with Crippen LogP contribution in [0.1, 0.15) is 0 Å². The van der Waals surface area contributed by atoms with Gasteiger partial charge in [-0.3, -0.25) is 4.79 Å². The van der Waals surface area contributed by atoms with E-state index in [4.69, 9.17) is 9.84 Å². The SMILES string of the molecule is CN1CCOC(CNC(=O)CO)C1. The summed E-state index contributed by atoms with van der Waals surface area (Å²) in [4.78, 5) is 12.9. The molecule has 1 saturated heterocycles. The van der Waals surface area contributed by atoms with Gasteiger partial charge in [-0.05, 0) is 7.05 Å². The highest BCUT2D eigenvalue weighted by Crippen LogP contribution is 2.01. The highest BCUT2D eigenvalue weighted by Gasteiger charge is 2.17. The van der Waals surface area contributed by atoms with Crippen molar-refractivity contribution in [1.29, 1.82) is 0 Å². The minimum Gasteiger partial charge on any atom is -0.387 e. The average Bonchev–Trinajstić information content (AvgIpc) is 2.14. The van der Waals surface area contributed by atoms with Gasteiger partial charge in [0.2, 0.25) is 5.91 Å². The van der Waals surface area contributed by atoms with Gasteiger partial charge in [-0.1, -0.05) is 0 Å². The van der Waals surface area contributed by atoms with E-state index in [-0.39, 0.29) is 12.0 Å². The number of ether oxygens (including phenoxy) is 1. The summed E-state index contributed by atoms with van der Waals surface area (Å²) in [5.74, 6) is -0.350. The Morgan fingerprint density at radius 1 is 1.77 bits per heavy atom. The number of hydrogen-bond donors (Lipinski definition) is 2. The standard InChI is InChI=1S/C8H16N2O3/c1-10-2-3-13-7(5-10)4-9-8(12)6-11/h7,11H,2-6H2,1H3,(H,9,12). The number of carbonyl (C=O) groups excluding carboxylic acids is 1. The van der Waals surface area contributed by atoms with Crippen LogP contribution < -0.4 is 5.32 Å². The second-order valence-electron chi connectivity index (χ2n) is 3.22. The molecule has 0 aliphatic carbocycles. The van der Waals surface area contributed by atoms with E-state index in [1.54, 1.807) is 0 Å². The van der Waals surface area contributed by atoms with E-state index in [0.29, 0.717) is 13.2 Å². The van der Waals surface area contributed by atoms with Crippen LogP contribution in [0, 0.1) is 0 Å². The summed E-state index contributed by atoms with van der Waals surface area (Å²) >= 11 is 0. The predicted octanol–water partition coefficient (Wildman–Crippen LogP) is -1.57. The molecule has 5 heteroatoms. The highest BCUT2D eigenvalue weighted by atomic mass is 16.5. The maximum atomic E-state index is 10.7. The van der Waals surface area contributed by atoms with E-state index in [0.717, 1.165) is 13.1 Å². The normalized spacial score (nSPS) is 24.3. The molecular weight excluding hydrogens is 172 g/mol. The molecule has 0 aromatic heterocycles. The summed E-state index contributed by atoms with van der Waals surface area (Å²) < 4.78 is 5.41. The second-order valence-corrected chi connectivity index (χ2v) is 3.22. The van der Waals surface area contributed by atoms with Crippen molar-refractivity contribution < 1.29 is 14.6 Å². The monoisotopic (exact) mass is 188 g/mol. The number of rotatable bonds is 3. The fourth-order valence-corrected chi connectivity index (χ4v) is 1.27. The van der Waals surface area contributed by atoms with Crippen molar-refractivity contribution >= 4 is 5.91 Å². The van der Waals surface area contributed by atoms with Crippen molar-refractivity contribution in [3.8, 4) is 0 Å². The Bertz CT molecular complexity index is 175. The van der Waals surface area contributed by atoms with E-state index in [2.05, 4.69) is 10.2 Å². The molecule has 0 bridgehead atoms. The molecule has 1 amide bonds. The van der Waals surface area contributed by atoms with Gasteiger partial charge in [-0.15, -0.1) is 0 Å². The Morgan fingerprint density at radius 2 is 2.54 bits per heavy atom. The van der Waals surface area contributed by atoms with Crippen molar-refractivity contribution in [2.75, 3.05) is 39.9 Å². The number of morpholine rings is 1. The number of nitrogens with one attached hydrogen (secondary N) is 1. The third-order valence-corrected chi connectivity index (χ3v) is 2.01. The van der Waals surface area contributed by atoms with Crippen LogP contribution in [0.25, 0.3) is 0 Å². The highest BCUT2D eigenvalue weighted by molar-refractivity contribution is 5.76. The summed E-state index contributed by atoms with van der Waals surface area (Å²) in [6.07, 6.45) is 0.0502. The molecule has 76 valence electrons. The van der Waals surface area contributed by atoms with Gasteiger partial charge >= 0.3 is 0 Å². The first-order valence-corrected chi connectivity index (χ1v) is 4.40. The van der Waals surface area contributed by atoms with Crippen LogP contribution in [0.15, 0.2) is 0 Å². The van der Waals surface area contributed by atoms with E-state index < -0.39 is 6.61 Å². The third kappa shape index (κ3) is 3.71. The lowest BCUT2D eigenvalue weighted by molar-refractivity contribution is -0.124. The van der Waals surface area contributed by atoms with Gasteiger partial charge < -0.3 is 20.1 Å². The van der Waals surface area contributed by atoms with Gasteiger partial charge in [-0.2, -0.15) is 0 Å². The predicted molar refractivity (Wildman–Crippen MR) is 47.3 cm³/mol. The zero-order valence-electron chi connectivity index (χ0n) is 7.82. The Labute approximate surface area is 77.7 Å². The van der Waals surface area contributed by atoms with Gasteiger partial charge in [-0.25, -0.2) is 0 Å². The molecule has 1 aliphatic rings. The lowest BCUT2D eigenvalue weighted by Crippen LogP contribution is -2.46. The van der Waals surface area contributed by atoms with Crippen molar-refractivity contribution in [3.63, 3.8) is 0 Å². The average molecular weight is 188 g/mol. The summed E-state index contributed by atoms with van der Waals surface area (Å²) in [6, 6.07) is 0. The molecule has 2 N–H and O–H groups in total. The Hall–Kier alpha value is -0.650. The quantitative estimate of drug-likeness (QED) is 0.561. The zero-order chi connectivity index (χ0) is 9.68. The molecule has 1 aliphatic heterocycles. The fourth-order valence-electron chi connectivity index (χ4n) is 1.27. The van der Waals surface area contributed by atoms with Crippen molar-refractivity contribution in [2.24, 2.45) is 0 Å². The van der Waals surface area contributed by atoms with Crippen LogP contribution >= 0.6 is 0 Å². The van der Waals surface area contributed by atoms with Gasteiger partial charge in [0, 0.05) is 19.6 Å². The Morgan fingerprint density at radius 3 is 3.15 bits per heavy atom. The number of amides is 1. The molecule has 1 fully saturated rings. The van der Waals surface area contributed by atoms with E-state index in [9.17, 15) is 4.79 Å².